The van der Waals surface area contributed by atoms with Gasteiger partial charge in [-0.3, -0.25) is 4.79 Å². The predicted octanol–water partition coefficient (Wildman–Crippen LogP) is 2.46. The van der Waals surface area contributed by atoms with Gasteiger partial charge in [0.2, 0.25) is 5.91 Å². The summed E-state index contributed by atoms with van der Waals surface area (Å²) in [5.41, 5.74) is 1.38. The second kappa shape index (κ2) is 8.90. The number of hydrogen-bond donors (Lipinski definition) is 2. The zero-order chi connectivity index (χ0) is 20.2. The van der Waals surface area contributed by atoms with Gasteiger partial charge >= 0.3 is 13.1 Å². The minimum absolute atomic E-state index is 0.311. The van der Waals surface area contributed by atoms with Crippen molar-refractivity contribution in [3.05, 3.63) is 29.8 Å². The summed E-state index contributed by atoms with van der Waals surface area (Å²) in [4.78, 5) is 22.1. The van der Waals surface area contributed by atoms with E-state index in [1.165, 1.54) is 17.7 Å². The molecule has 1 heterocycles. The number of rotatable bonds is 8. The lowest BCUT2D eigenvalue weighted by atomic mass is 9.79. The minimum Gasteiger partial charge on any atom is -0.480 e. The van der Waals surface area contributed by atoms with E-state index in [1.54, 1.807) is 10.8 Å². The molecule has 1 fully saturated rings. The first-order valence-electron chi connectivity index (χ1n) is 8.70. The Balaban J connectivity index is 1.83. The van der Waals surface area contributed by atoms with Gasteiger partial charge < -0.3 is 19.7 Å². The van der Waals surface area contributed by atoms with Crippen LogP contribution in [-0.2, 0) is 24.7 Å². The number of hydrogen-bond acceptors (Lipinski definition) is 6. The van der Waals surface area contributed by atoms with Crippen molar-refractivity contribution in [3.63, 3.8) is 0 Å². The molecule has 1 saturated heterocycles. The summed E-state index contributed by atoms with van der Waals surface area (Å²) in [7, 11) is 2.61. The lowest BCUT2D eigenvalue weighted by Gasteiger charge is -2.32. The van der Waals surface area contributed by atoms with Crippen LogP contribution in [0, 0.1) is 0 Å². The molecule has 148 valence electrons. The Labute approximate surface area is 168 Å². The molecule has 1 aromatic carbocycles. The zero-order valence-corrected chi connectivity index (χ0v) is 17.9. The lowest BCUT2D eigenvalue weighted by Crippen LogP contribution is -2.41. The van der Waals surface area contributed by atoms with Crippen LogP contribution < -0.4 is 10.8 Å². The van der Waals surface area contributed by atoms with E-state index in [0.717, 1.165) is 16.8 Å². The van der Waals surface area contributed by atoms with Crippen LogP contribution in [0.4, 0.5) is 0 Å². The van der Waals surface area contributed by atoms with Gasteiger partial charge in [0, 0.05) is 18.4 Å². The normalized spacial score (nSPS) is 18.9. The maximum absolute atomic E-state index is 11.1. The standard InChI is InChI=1S/C18H26BNO5S2/c1-12(21)20-15(16(22)23)11-27-26-10-13-6-8-14(9-7-13)19-24-17(2,3)18(4,5)25-19/h6-9,15H,10-11H2,1-5H3,(H,20,21)(H,22,23)/t15-/m1/s1. The Kier molecular flexibility index (Phi) is 7.30. The monoisotopic (exact) mass is 411 g/mol. The van der Waals surface area contributed by atoms with E-state index in [4.69, 9.17) is 14.4 Å². The first-order valence-corrected chi connectivity index (χ1v) is 11.2. The number of aliphatic carboxylic acids is 1. The molecule has 0 unspecified atom stereocenters. The Morgan fingerprint density at radius 1 is 1.11 bits per heavy atom. The Bertz CT molecular complexity index is 665. The van der Waals surface area contributed by atoms with E-state index in [0.29, 0.717) is 5.75 Å². The van der Waals surface area contributed by atoms with Gasteiger partial charge in [-0.25, -0.2) is 4.79 Å². The Morgan fingerprint density at radius 3 is 2.15 bits per heavy atom. The van der Waals surface area contributed by atoms with Crippen molar-refractivity contribution in [3.8, 4) is 0 Å². The summed E-state index contributed by atoms with van der Waals surface area (Å²) >= 11 is 0. The molecule has 1 aliphatic heterocycles. The van der Waals surface area contributed by atoms with E-state index in [1.807, 2.05) is 52.0 Å². The van der Waals surface area contributed by atoms with Crippen LogP contribution in [0.5, 0.6) is 0 Å². The zero-order valence-electron chi connectivity index (χ0n) is 16.3. The highest BCUT2D eigenvalue weighted by Gasteiger charge is 2.51. The molecule has 0 radical (unpaired) electrons. The number of carbonyl (C=O) groups excluding carboxylic acids is 1. The highest BCUT2D eigenvalue weighted by atomic mass is 33.1. The highest BCUT2D eigenvalue weighted by Crippen LogP contribution is 2.36. The fraction of sp³-hybridized carbons (Fsp3) is 0.556. The summed E-state index contributed by atoms with van der Waals surface area (Å²) in [6.07, 6.45) is 0. The van der Waals surface area contributed by atoms with E-state index in [9.17, 15) is 9.59 Å². The third kappa shape index (κ3) is 5.91. The first-order chi connectivity index (χ1) is 12.5. The van der Waals surface area contributed by atoms with E-state index in [2.05, 4.69) is 5.32 Å². The molecule has 6 nitrogen and oxygen atoms in total. The second-order valence-corrected chi connectivity index (χ2v) is 9.98. The summed E-state index contributed by atoms with van der Waals surface area (Å²) in [6.45, 7) is 9.43. The van der Waals surface area contributed by atoms with Gasteiger partial charge in [0.15, 0.2) is 0 Å². The SMILES string of the molecule is CC(=O)N[C@H](CSSCc1ccc(B2OC(C)(C)C(C)(C)O2)cc1)C(=O)O. The fourth-order valence-corrected chi connectivity index (χ4v) is 4.62. The van der Waals surface area contributed by atoms with Crippen molar-refractivity contribution in [2.75, 3.05) is 5.75 Å². The maximum atomic E-state index is 11.1. The van der Waals surface area contributed by atoms with Crippen molar-refractivity contribution in [1.29, 1.82) is 0 Å². The molecule has 0 aliphatic carbocycles. The third-order valence-electron chi connectivity index (χ3n) is 4.72. The molecule has 2 N–H and O–H groups in total. The van der Waals surface area contributed by atoms with Gasteiger partial charge in [-0.15, -0.1) is 0 Å². The first kappa shape index (κ1) is 22.1. The van der Waals surface area contributed by atoms with Crippen molar-refractivity contribution in [2.24, 2.45) is 0 Å². The van der Waals surface area contributed by atoms with Crippen LogP contribution in [0.1, 0.15) is 40.2 Å². The van der Waals surface area contributed by atoms with Gasteiger partial charge in [-0.2, -0.15) is 0 Å². The Morgan fingerprint density at radius 2 is 1.67 bits per heavy atom. The molecule has 1 aromatic rings. The molecular formula is C18H26BNO5S2. The summed E-state index contributed by atoms with van der Waals surface area (Å²) in [5, 5.41) is 11.5. The summed E-state index contributed by atoms with van der Waals surface area (Å²) < 4.78 is 12.1. The minimum atomic E-state index is -1.02. The van der Waals surface area contributed by atoms with Crippen molar-refractivity contribution < 1.29 is 24.0 Å². The number of carbonyl (C=O) groups is 2. The van der Waals surface area contributed by atoms with Crippen LogP contribution in [0.25, 0.3) is 0 Å². The lowest BCUT2D eigenvalue weighted by molar-refractivity contribution is -0.140. The molecule has 1 atom stereocenters. The molecule has 0 bridgehead atoms. The van der Waals surface area contributed by atoms with Gasteiger partial charge in [-0.1, -0.05) is 45.9 Å². The molecule has 1 aliphatic rings. The molecule has 0 spiro atoms. The molecule has 1 amide bonds. The summed E-state index contributed by atoms with van der Waals surface area (Å²) in [5.74, 6) is -0.317. The number of nitrogens with one attached hydrogen (secondary N) is 1. The average Bonchev–Trinajstić information content (AvgIpc) is 2.78. The van der Waals surface area contributed by atoms with Crippen molar-refractivity contribution in [2.45, 2.75) is 57.6 Å². The molecule has 2 rings (SSSR count). The van der Waals surface area contributed by atoms with Crippen molar-refractivity contribution in [1.82, 2.24) is 5.32 Å². The van der Waals surface area contributed by atoms with Crippen LogP contribution in [0.15, 0.2) is 24.3 Å². The predicted molar refractivity (Wildman–Crippen MR) is 111 cm³/mol. The summed E-state index contributed by atoms with van der Waals surface area (Å²) in [6, 6.07) is 7.18. The smallest absolute Gasteiger partial charge is 0.480 e. The van der Waals surface area contributed by atoms with Crippen LogP contribution >= 0.6 is 21.6 Å². The molecule has 9 heteroatoms. The van der Waals surface area contributed by atoms with E-state index in [-0.39, 0.29) is 24.2 Å². The third-order valence-corrected chi connectivity index (χ3v) is 7.07. The number of carboxylic acids is 1. The molecule has 0 aromatic heterocycles. The Hall–Kier alpha value is -1.16. The van der Waals surface area contributed by atoms with Crippen LogP contribution in [0.2, 0.25) is 0 Å². The average molecular weight is 411 g/mol. The van der Waals surface area contributed by atoms with Gasteiger partial charge in [-0.05, 0) is 38.7 Å². The molecule has 0 saturated carbocycles. The van der Waals surface area contributed by atoms with Gasteiger partial charge in [0.05, 0.1) is 11.2 Å². The number of carboxylic acid groups (broad SMARTS) is 1. The highest BCUT2D eigenvalue weighted by molar-refractivity contribution is 8.76. The largest absolute Gasteiger partial charge is 0.494 e. The van der Waals surface area contributed by atoms with E-state index < -0.39 is 12.0 Å². The van der Waals surface area contributed by atoms with Crippen LogP contribution in [-0.4, -0.2) is 47.1 Å². The van der Waals surface area contributed by atoms with Gasteiger partial charge in [0.1, 0.15) is 6.04 Å². The quantitative estimate of drug-likeness (QED) is 0.386. The van der Waals surface area contributed by atoms with E-state index >= 15 is 0 Å². The molecular weight excluding hydrogens is 385 g/mol. The number of amides is 1. The fourth-order valence-electron chi connectivity index (χ4n) is 2.40. The van der Waals surface area contributed by atoms with Gasteiger partial charge in [0.25, 0.3) is 0 Å². The van der Waals surface area contributed by atoms with Crippen LogP contribution in [0.3, 0.4) is 0 Å². The topological polar surface area (TPSA) is 84.9 Å². The molecule has 27 heavy (non-hydrogen) atoms. The number of benzene rings is 1. The second-order valence-electron chi connectivity index (χ2n) is 7.47. The van der Waals surface area contributed by atoms with Crippen molar-refractivity contribution >= 4 is 46.0 Å². The maximum Gasteiger partial charge on any atom is 0.494 e.